The zero-order chi connectivity index (χ0) is 9.76. The molecule has 0 radical (unpaired) electrons. The minimum Gasteiger partial charge on any atom is -0.465 e. The van der Waals surface area contributed by atoms with Crippen LogP contribution in [0, 0.1) is 11.3 Å². The van der Waals surface area contributed by atoms with Crippen molar-refractivity contribution in [2.45, 2.75) is 25.7 Å². The molecular formula is C11H12O3. The van der Waals surface area contributed by atoms with E-state index in [-0.39, 0.29) is 17.7 Å². The molecule has 1 aliphatic heterocycles. The van der Waals surface area contributed by atoms with Crippen LogP contribution in [0.5, 0.6) is 0 Å². The number of esters is 1. The van der Waals surface area contributed by atoms with Crippen LogP contribution >= 0.6 is 0 Å². The summed E-state index contributed by atoms with van der Waals surface area (Å²) in [6.45, 7) is 0.517. The molecule has 3 nitrogen and oxygen atoms in total. The second kappa shape index (κ2) is 2.47. The van der Waals surface area contributed by atoms with Gasteiger partial charge in [-0.25, -0.2) is 0 Å². The lowest BCUT2D eigenvalue weighted by molar-refractivity contribution is -0.145. The van der Waals surface area contributed by atoms with Gasteiger partial charge in [-0.2, -0.15) is 0 Å². The molecule has 74 valence electrons. The SMILES string of the molecule is O=C1CC[C@]23C(=O)OC[C@H]2CCC=C13. The predicted octanol–water partition coefficient (Wildman–Crippen LogP) is 1.23. The van der Waals surface area contributed by atoms with E-state index in [1.54, 1.807) is 0 Å². The van der Waals surface area contributed by atoms with E-state index in [9.17, 15) is 9.59 Å². The monoisotopic (exact) mass is 192 g/mol. The Bertz CT molecular complexity index is 356. The molecule has 0 aromatic heterocycles. The van der Waals surface area contributed by atoms with Crippen molar-refractivity contribution < 1.29 is 14.3 Å². The first-order chi connectivity index (χ1) is 6.75. The molecule has 1 saturated carbocycles. The Morgan fingerprint density at radius 1 is 1.43 bits per heavy atom. The van der Waals surface area contributed by atoms with Crippen molar-refractivity contribution in [1.29, 1.82) is 0 Å². The largest absolute Gasteiger partial charge is 0.465 e. The highest BCUT2D eigenvalue weighted by Crippen LogP contribution is 2.54. The van der Waals surface area contributed by atoms with E-state index < -0.39 is 5.41 Å². The van der Waals surface area contributed by atoms with E-state index in [1.165, 1.54) is 0 Å². The predicted molar refractivity (Wildman–Crippen MR) is 48.4 cm³/mol. The molecule has 0 bridgehead atoms. The number of hydrogen-bond donors (Lipinski definition) is 0. The first-order valence-corrected chi connectivity index (χ1v) is 5.16. The van der Waals surface area contributed by atoms with Crippen LogP contribution in [0.25, 0.3) is 0 Å². The van der Waals surface area contributed by atoms with Gasteiger partial charge in [0.05, 0.1) is 6.61 Å². The van der Waals surface area contributed by atoms with Crippen molar-refractivity contribution in [2.75, 3.05) is 6.61 Å². The summed E-state index contributed by atoms with van der Waals surface area (Å²) in [6, 6.07) is 0. The molecule has 14 heavy (non-hydrogen) atoms. The molecule has 0 unspecified atom stereocenters. The second-order valence-corrected chi connectivity index (χ2v) is 4.39. The lowest BCUT2D eigenvalue weighted by Gasteiger charge is -2.30. The summed E-state index contributed by atoms with van der Waals surface area (Å²) in [6.07, 6.45) is 5.07. The van der Waals surface area contributed by atoms with Gasteiger partial charge in [0, 0.05) is 17.9 Å². The maximum Gasteiger partial charge on any atom is 0.317 e. The number of Topliss-reactive ketones (excluding diaryl/α,β-unsaturated/α-hetero) is 1. The van der Waals surface area contributed by atoms with E-state index >= 15 is 0 Å². The van der Waals surface area contributed by atoms with Crippen molar-refractivity contribution in [3.63, 3.8) is 0 Å². The third-order valence-corrected chi connectivity index (χ3v) is 3.87. The molecule has 0 aromatic rings. The Balaban J connectivity index is 2.16. The van der Waals surface area contributed by atoms with E-state index in [4.69, 9.17) is 4.74 Å². The van der Waals surface area contributed by atoms with Gasteiger partial charge in [-0.15, -0.1) is 0 Å². The van der Waals surface area contributed by atoms with Crippen LogP contribution in [-0.4, -0.2) is 18.4 Å². The van der Waals surface area contributed by atoms with Gasteiger partial charge in [-0.1, -0.05) is 6.08 Å². The lowest BCUT2D eigenvalue weighted by atomic mass is 9.68. The molecule has 1 spiro atoms. The van der Waals surface area contributed by atoms with E-state index in [0.29, 0.717) is 19.4 Å². The summed E-state index contributed by atoms with van der Waals surface area (Å²) < 4.78 is 5.12. The highest BCUT2D eigenvalue weighted by molar-refractivity contribution is 6.06. The van der Waals surface area contributed by atoms with Crippen LogP contribution in [0.15, 0.2) is 11.6 Å². The Kier molecular flexibility index (Phi) is 1.45. The van der Waals surface area contributed by atoms with Crippen molar-refractivity contribution in [2.24, 2.45) is 11.3 Å². The fourth-order valence-electron chi connectivity index (χ4n) is 3.13. The number of carbonyl (C=O) groups excluding carboxylic acids is 2. The Labute approximate surface area is 82.1 Å². The second-order valence-electron chi connectivity index (χ2n) is 4.39. The number of rotatable bonds is 0. The minimum atomic E-state index is -0.519. The van der Waals surface area contributed by atoms with Gasteiger partial charge in [0.1, 0.15) is 5.41 Å². The average molecular weight is 192 g/mol. The van der Waals surface area contributed by atoms with Gasteiger partial charge in [0.25, 0.3) is 0 Å². The van der Waals surface area contributed by atoms with Crippen LogP contribution in [0.4, 0.5) is 0 Å². The molecule has 3 aliphatic rings. The van der Waals surface area contributed by atoms with Gasteiger partial charge < -0.3 is 4.74 Å². The Morgan fingerprint density at radius 2 is 2.29 bits per heavy atom. The number of ketones is 1. The molecule has 3 heteroatoms. The van der Waals surface area contributed by atoms with Crippen LogP contribution in [-0.2, 0) is 14.3 Å². The molecule has 2 fully saturated rings. The summed E-state index contributed by atoms with van der Waals surface area (Å²) >= 11 is 0. The maximum absolute atomic E-state index is 11.7. The first-order valence-electron chi connectivity index (χ1n) is 5.16. The summed E-state index contributed by atoms with van der Waals surface area (Å²) in [5.41, 5.74) is 0.242. The quantitative estimate of drug-likeness (QED) is 0.542. The summed E-state index contributed by atoms with van der Waals surface area (Å²) in [5, 5.41) is 0. The molecule has 2 aliphatic carbocycles. The number of hydrogen-bond acceptors (Lipinski definition) is 3. The van der Waals surface area contributed by atoms with Gasteiger partial charge in [0.2, 0.25) is 0 Å². The van der Waals surface area contributed by atoms with Crippen molar-refractivity contribution in [3.05, 3.63) is 11.6 Å². The zero-order valence-electron chi connectivity index (χ0n) is 7.91. The minimum absolute atomic E-state index is 0.153. The molecule has 1 heterocycles. The van der Waals surface area contributed by atoms with Crippen LogP contribution in [0.1, 0.15) is 25.7 Å². The molecule has 0 N–H and O–H groups in total. The Morgan fingerprint density at radius 3 is 3.14 bits per heavy atom. The third-order valence-electron chi connectivity index (χ3n) is 3.87. The number of allylic oxidation sites excluding steroid dienone is 1. The van der Waals surface area contributed by atoms with Crippen molar-refractivity contribution >= 4 is 11.8 Å². The number of cyclic esters (lactones) is 1. The molecule has 2 atom stereocenters. The molecule has 3 rings (SSSR count). The fourth-order valence-corrected chi connectivity index (χ4v) is 3.13. The molecule has 1 saturated heterocycles. The Hall–Kier alpha value is -1.12. The lowest BCUT2D eigenvalue weighted by Crippen LogP contribution is -2.35. The van der Waals surface area contributed by atoms with Crippen LogP contribution < -0.4 is 0 Å². The van der Waals surface area contributed by atoms with Gasteiger partial charge in [0.15, 0.2) is 5.78 Å². The number of ether oxygens (including phenoxy) is 1. The van der Waals surface area contributed by atoms with E-state index in [1.807, 2.05) is 6.08 Å². The molecule has 0 aromatic carbocycles. The number of carbonyl (C=O) groups is 2. The van der Waals surface area contributed by atoms with E-state index in [2.05, 4.69) is 0 Å². The van der Waals surface area contributed by atoms with Crippen LogP contribution in [0.3, 0.4) is 0 Å². The summed E-state index contributed by atoms with van der Waals surface area (Å²) in [5.74, 6) is 0.273. The zero-order valence-corrected chi connectivity index (χ0v) is 7.91. The maximum atomic E-state index is 11.7. The van der Waals surface area contributed by atoms with Crippen LogP contribution in [0.2, 0.25) is 0 Å². The van der Waals surface area contributed by atoms with E-state index in [0.717, 1.165) is 18.4 Å². The smallest absolute Gasteiger partial charge is 0.317 e. The summed E-state index contributed by atoms with van der Waals surface area (Å²) in [4.78, 5) is 23.4. The normalized spacial score (nSPS) is 40.3. The topological polar surface area (TPSA) is 43.4 Å². The van der Waals surface area contributed by atoms with Crippen molar-refractivity contribution in [3.8, 4) is 0 Å². The highest BCUT2D eigenvalue weighted by atomic mass is 16.5. The van der Waals surface area contributed by atoms with Crippen molar-refractivity contribution in [1.82, 2.24) is 0 Å². The standard InChI is InChI=1S/C11H12O3/c12-9-4-5-11-7(6-14-10(11)13)2-1-3-8(9)11/h3,7H,1-2,4-6H2/t7-,11+/m1/s1. The third kappa shape index (κ3) is 0.740. The molecule has 0 amide bonds. The fraction of sp³-hybridized carbons (Fsp3) is 0.636. The highest BCUT2D eigenvalue weighted by Gasteiger charge is 2.60. The summed E-state index contributed by atoms with van der Waals surface area (Å²) in [7, 11) is 0. The average Bonchev–Trinajstić information content (AvgIpc) is 2.70. The molecular weight excluding hydrogens is 180 g/mol. The van der Waals surface area contributed by atoms with Gasteiger partial charge >= 0.3 is 5.97 Å². The van der Waals surface area contributed by atoms with Gasteiger partial charge in [-0.3, -0.25) is 9.59 Å². The van der Waals surface area contributed by atoms with Gasteiger partial charge in [-0.05, 0) is 19.3 Å². The first kappa shape index (κ1) is 8.21.